The summed E-state index contributed by atoms with van der Waals surface area (Å²) in [7, 11) is 0. The van der Waals surface area contributed by atoms with Crippen molar-refractivity contribution < 1.29 is 10.2 Å². The largest absolute Gasteiger partial charge is 0.508 e. The number of phenols is 1. The molecule has 0 aliphatic carbocycles. The first-order valence-corrected chi connectivity index (χ1v) is 4.38. The third-order valence-corrected chi connectivity index (χ3v) is 1.97. The lowest BCUT2D eigenvalue weighted by Crippen LogP contribution is -2.22. The Morgan fingerprint density at radius 2 is 2.00 bits per heavy atom. The Labute approximate surface area is 90.2 Å². The van der Waals surface area contributed by atoms with Crippen molar-refractivity contribution >= 4 is 12.4 Å². The lowest BCUT2D eigenvalue weighted by molar-refractivity contribution is 0.285. The third-order valence-electron chi connectivity index (χ3n) is 1.97. The molecule has 3 nitrogen and oxygen atoms in total. The fraction of sp³-hybridized carbons (Fsp3) is 0.400. The number of hydrogen-bond acceptors (Lipinski definition) is 3. The fourth-order valence-electron chi connectivity index (χ4n) is 1.24. The minimum atomic E-state index is 0. The van der Waals surface area contributed by atoms with E-state index in [1.807, 2.05) is 19.1 Å². The first-order chi connectivity index (χ1) is 6.25. The maximum absolute atomic E-state index is 9.48. The van der Waals surface area contributed by atoms with Gasteiger partial charge in [-0.05, 0) is 13.0 Å². The quantitative estimate of drug-likeness (QED) is 0.716. The Morgan fingerprint density at radius 1 is 1.36 bits per heavy atom. The van der Waals surface area contributed by atoms with E-state index < -0.39 is 0 Å². The van der Waals surface area contributed by atoms with E-state index in [2.05, 4.69) is 5.32 Å². The van der Waals surface area contributed by atoms with Crippen LogP contribution in [0.1, 0.15) is 18.5 Å². The molecule has 14 heavy (non-hydrogen) atoms. The van der Waals surface area contributed by atoms with Crippen molar-refractivity contribution in [3.63, 3.8) is 0 Å². The Hall–Kier alpha value is -0.770. The van der Waals surface area contributed by atoms with Crippen LogP contribution in [-0.2, 0) is 0 Å². The van der Waals surface area contributed by atoms with Crippen molar-refractivity contribution in [2.45, 2.75) is 13.0 Å². The third kappa shape index (κ3) is 3.54. The van der Waals surface area contributed by atoms with Gasteiger partial charge in [0.05, 0.1) is 6.61 Å². The maximum atomic E-state index is 9.48. The van der Waals surface area contributed by atoms with E-state index in [1.165, 1.54) is 0 Å². The van der Waals surface area contributed by atoms with Crippen LogP contribution in [0.15, 0.2) is 24.3 Å². The number of aromatic hydroxyl groups is 1. The summed E-state index contributed by atoms with van der Waals surface area (Å²) in [5.74, 6) is 0.292. The van der Waals surface area contributed by atoms with Crippen LogP contribution >= 0.6 is 12.4 Å². The van der Waals surface area contributed by atoms with Gasteiger partial charge in [0, 0.05) is 18.2 Å². The molecule has 3 N–H and O–H groups in total. The van der Waals surface area contributed by atoms with Crippen molar-refractivity contribution in [3.05, 3.63) is 29.8 Å². The van der Waals surface area contributed by atoms with Gasteiger partial charge in [0.15, 0.2) is 0 Å². The number of aliphatic hydroxyl groups is 1. The molecule has 0 amide bonds. The topological polar surface area (TPSA) is 52.5 Å². The molecular formula is C10H16ClNO2. The average Bonchev–Trinajstić information content (AvgIpc) is 2.15. The highest BCUT2D eigenvalue weighted by atomic mass is 35.5. The molecule has 1 aromatic rings. The van der Waals surface area contributed by atoms with Crippen molar-refractivity contribution in [1.29, 1.82) is 0 Å². The zero-order valence-corrected chi connectivity index (χ0v) is 8.92. The molecule has 4 heteroatoms. The molecule has 80 valence electrons. The number of nitrogens with one attached hydrogen (secondary N) is 1. The van der Waals surface area contributed by atoms with Crippen LogP contribution in [0.4, 0.5) is 0 Å². The fourth-order valence-corrected chi connectivity index (χ4v) is 1.24. The summed E-state index contributed by atoms with van der Waals surface area (Å²) in [6.07, 6.45) is 0. The number of para-hydroxylation sites is 1. The zero-order valence-electron chi connectivity index (χ0n) is 8.10. The highest BCUT2D eigenvalue weighted by Gasteiger charge is 2.07. The van der Waals surface area contributed by atoms with E-state index in [1.54, 1.807) is 12.1 Å². The summed E-state index contributed by atoms with van der Waals surface area (Å²) in [5.41, 5.74) is 0.857. The van der Waals surface area contributed by atoms with Crippen LogP contribution in [0.25, 0.3) is 0 Å². The average molecular weight is 218 g/mol. The van der Waals surface area contributed by atoms with Gasteiger partial charge in [-0.1, -0.05) is 18.2 Å². The van der Waals surface area contributed by atoms with Gasteiger partial charge in [-0.2, -0.15) is 0 Å². The second-order valence-electron chi connectivity index (χ2n) is 2.96. The number of rotatable bonds is 4. The SMILES string of the molecule is CC(NCCO)c1ccccc1O.Cl. The minimum Gasteiger partial charge on any atom is -0.508 e. The molecule has 0 heterocycles. The highest BCUT2D eigenvalue weighted by molar-refractivity contribution is 5.85. The number of aliphatic hydroxyl groups excluding tert-OH is 1. The van der Waals surface area contributed by atoms with Crippen LogP contribution < -0.4 is 5.32 Å². The van der Waals surface area contributed by atoms with Crippen LogP contribution in [0.3, 0.4) is 0 Å². The molecule has 0 spiro atoms. The Morgan fingerprint density at radius 3 is 2.57 bits per heavy atom. The molecule has 0 aliphatic rings. The Balaban J connectivity index is 0.00000169. The summed E-state index contributed by atoms with van der Waals surface area (Å²) < 4.78 is 0. The molecule has 1 rings (SSSR count). The Kier molecular flexibility index (Phi) is 6.28. The second-order valence-corrected chi connectivity index (χ2v) is 2.96. The van der Waals surface area contributed by atoms with E-state index in [-0.39, 0.29) is 25.1 Å². The highest BCUT2D eigenvalue weighted by Crippen LogP contribution is 2.22. The molecule has 1 aromatic carbocycles. The lowest BCUT2D eigenvalue weighted by atomic mass is 10.1. The van der Waals surface area contributed by atoms with Gasteiger partial charge >= 0.3 is 0 Å². The van der Waals surface area contributed by atoms with E-state index in [0.29, 0.717) is 12.3 Å². The summed E-state index contributed by atoms with van der Waals surface area (Å²) in [4.78, 5) is 0. The van der Waals surface area contributed by atoms with Crippen LogP contribution in [0.2, 0.25) is 0 Å². The van der Waals surface area contributed by atoms with E-state index in [9.17, 15) is 5.11 Å². The summed E-state index contributed by atoms with van der Waals surface area (Å²) in [5, 5.41) is 21.2. The lowest BCUT2D eigenvalue weighted by Gasteiger charge is -2.14. The number of benzene rings is 1. The first-order valence-electron chi connectivity index (χ1n) is 4.38. The normalized spacial score (nSPS) is 11.9. The van der Waals surface area contributed by atoms with Crippen molar-refractivity contribution in [2.24, 2.45) is 0 Å². The molecule has 0 fully saturated rings. The molecule has 0 aliphatic heterocycles. The van der Waals surface area contributed by atoms with Crippen molar-refractivity contribution in [3.8, 4) is 5.75 Å². The van der Waals surface area contributed by atoms with E-state index >= 15 is 0 Å². The van der Waals surface area contributed by atoms with Gasteiger partial charge in [0.25, 0.3) is 0 Å². The van der Waals surface area contributed by atoms with Gasteiger partial charge in [-0.3, -0.25) is 0 Å². The molecule has 0 saturated carbocycles. The number of hydrogen-bond donors (Lipinski definition) is 3. The molecule has 0 aromatic heterocycles. The van der Waals surface area contributed by atoms with Crippen molar-refractivity contribution in [1.82, 2.24) is 5.32 Å². The monoisotopic (exact) mass is 217 g/mol. The second kappa shape index (κ2) is 6.65. The molecule has 1 unspecified atom stereocenters. The van der Waals surface area contributed by atoms with Crippen LogP contribution in [0.5, 0.6) is 5.75 Å². The predicted molar refractivity (Wildman–Crippen MR) is 58.9 cm³/mol. The molecule has 0 bridgehead atoms. The molecule has 0 radical (unpaired) electrons. The smallest absolute Gasteiger partial charge is 0.120 e. The molecule has 0 saturated heterocycles. The predicted octanol–water partition coefficient (Wildman–Crippen LogP) is 1.46. The first kappa shape index (κ1) is 13.2. The van der Waals surface area contributed by atoms with Gasteiger partial charge in [0.1, 0.15) is 5.75 Å². The van der Waals surface area contributed by atoms with Gasteiger partial charge in [0.2, 0.25) is 0 Å². The van der Waals surface area contributed by atoms with Gasteiger partial charge in [-0.25, -0.2) is 0 Å². The summed E-state index contributed by atoms with van der Waals surface area (Å²) in [6, 6.07) is 7.26. The van der Waals surface area contributed by atoms with Crippen LogP contribution in [0, 0.1) is 0 Å². The van der Waals surface area contributed by atoms with Crippen molar-refractivity contribution in [2.75, 3.05) is 13.2 Å². The minimum absolute atomic E-state index is 0. The standard InChI is InChI=1S/C10H15NO2.ClH/c1-8(11-6-7-12)9-4-2-3-5-10(9)13;/h2-5,8,11-13H,6-7H2,1H3;1H. The molecular weight excluding hydrogens is 202 g/mol. The zero-order chi connectivity index (χ0) is 9.68. The summed E-state index contributed by atoms with van der Waals surface area (Å²) >= 11 is 0. The molecule has 1 atom stereocenters. The number of phenolic OH excluding ortho intramolecular Hbond substituents is 1. The van der Waals surface area contributed by atoms with Gasteiger partial charge < -0.3 is 15.5 Å². The van der Waals surface area contributed by atoms with E-state index in [0.717, 1.165) is 5.56 Å². The number of halogens is 1. The summed E-state index contributed by atoms with van der Waals surface area (Å²) in [6.45, 7) is 2.60. The Bertz CT molecular complexity index is 268. The maximum Gasteiger partial charge on any atom is 0.120 e. The van der Waals surface area contributed by atoms with Gasteiger partial charge in [-0.15, -0.1) is 12.4 Å². The van der Waals surface area contributed by atoms with E-state index in [4.69, 9.17) is 5.11 Å². The van der Waals surface area contributed by atoms with Crippen LogP contribution in [-0.4, -0.2) is 23.4 Å².